The van der Waals surface area contributed by atoms with Gasteiger partial charge in [-0.25, -0.2) is 0 Å². The van der Waals surface area contributed by atoms with Gasteiger partial charge in [0.25, 0.3) is 0 Å². The summed E-state index contributed by atoms with van der Waals surface area (Å²) in [5.74, 6) is 0.542. The number of likely N-dealkylation sites (N-methyl/N-ethyl adjacent to an activating group) is 1. The molecule has 0 aromatic heterocycles. The zero-order chi connectivity index (χ0) is 14.2. The molecule has 0 heterocycles. The molecule has 0 saturated carbocycles. The summed E-state index contributed by atoms with van der Waals surface area (Å²) in [4.78, 5) is 2.51. The quantitative estimate of drug-likeness (QED) is 0.665. The molecule has 0 bridgehead atoms. The molecule has 0 fully saturated rings. The fraction of sp³-hybridized carbons (Fsp3) is 0.333. The molecule has 2 rings (SSSR count). The molecule has 1 nitrogen and oxygen atoms in total. The van der Waals surface area contributed by atoms with E-state index >= 15 is 0 Å². The number of hydrogen-bond acceptors (Lipinski definition) is 1. The molecular weight excluding hydrogens is 310 g/mol. The van der Waals surface area contributed by atoms with Crippen LogP contribution < -0.4 is 0 Å². The van der Waals surface area contributed by atoms with Crippen LogP contribution >= 0.6 is 15.9 Å². The van der Waals surface area contributed by atoms with Crippen molar-refractivity contribution in [2.24, 2.45) is 0 Å². The van der Waals surface area contributed by atoms with Crippen LogP contribution in [0.25, 0.3) is 0 Å². The summed E-state index contributed by atoms with van der Waals surface area (Å²) < 4.78 is 0. The van der Waals surface area contributed by atoms with Crippen LogP contribution in [-0.2, 0) is 6.54 Å². The molecule has 1 atom stereocenters. The molecule has 2 aromatic rings. The molecule has 0 aliphatic heterocycles. The van der Waals surface area contributed by atoms with E-state index in [4.69, 9.17) is 0 Å². The Bertz CT molecular complexity index is 483. The first kappa shape index (κ1) is 15.3. The van der Waals surface area contributed by atoms with Crippen molar-refractivity contribution in [2.75, 3.05) is 18.4 Å². The second kappa shape index (κ2) is 8.23. The van der Waals surface area contributed by atoms with Gasteiger partial charge in [0.05, 0.1) is 0 Å². The number of rotatable bonds is 7. The van der Waals surface area contributed by atoms with Crippen LogP contribution in [0.5, 0.6) is 0 Å². The minimum absolute atomic E-state index is 0.542. The van der Waals surface area contributed by atoms with Crippen molar-refractivity contribution in [3.63, 3.8) is 0 Å². The summed E-state index contributed by atoms with van der Waals surface area (Å²) in [6.45, 7) is 5.42. The van der Waals surface area contributed by atoms with Crippen molar-refractivity contribution in [3.8, 4) is 0 Å². The smallest absolute Gasteiger partial charge is 0.0233 e. The fourth-order valence-electron chi connectivity index (χ4n) is 2.43. The zero-order valence-electron chi connectivity index (χ0n) is 12.0. The average molecular weight is 332 g/mol. The number of benzene rings is 2. The normalized spacial score (nSPS) is 12.6. The van der Waals surface area contributed by atoms with E-state index in [1.54, 1.807) is 0 Å². The Hall–Kier alpha value is -1.12. The molecule has 1 unspecified atom stereocenters. The zero-order valence-corrected chi connectivity index (χ0v) is 13.6. The van der Waals surface area contributed by atoms with Gasteiger partial charge in [0.2, 0.25) is 0 Å². The maximum Gasteiger partial charge on any atom is 0.0233 e. The highest BCUT2D eigenvalue weighted by atomic mass is 79.9. The van der Waals surface area contributed by atoms with E-state index in [0.29, 0.717) is 5.92 Å². The summed E-state index contributed by atoms with van der Waals surface area (Å²) in [7, 11) is 0. The highest BCUT2D eigenvalue weighted by Crippen LogP contribution is 2.20. The number of halogens is 1. The third-order valence-electron chi connectivity index (χ3n) is 3.63. The van der Waals surface area contributed by atoms with Gasteiger partial charge in [0, 0.05) is 24.3 Å². The predicted molar refractivity (Wildman–Crippen MR) is 90.4 cm³/mol. The van der Waals surface area contributed by atoms with Gasteiger partial charge < -0.3 is 0 Å². The third-order valence-corrected chi connectivity index (χ3v) is 4.41. The van der Waals surface area contributed by atoms with Crippen molar-refractivity contribution >= 4 is 15.9 Å². The second-order valence-corrected chi connectivity index (χ2v) is 5.72. The van der Waals surface area contributed by atoms with E-state index in [2.05, 4.69) is 88.4 Å². The van der Waals surface area contributed by atoms with Gasteiger partial charge in [-0.1, -0.05) is 83.5 Å². The van der Waals surface area contributed by atoms with Gasteiger partial charge in [-0.15, -0.1) is 0 Å². The summed E-state index contributed by atoms with van der Waals surface area (Å²) in [6, 6.07) is 21.5. The largest absolute Gasteiger partial charge is 0.299 e. The molecule has 2 aromatic carbocycles. The SMILES string of the molecule is CCN(Cc1ccccc1)CC(CBr)c1ccccc1. The highest BCUT2D eigenvalue weighted by molar-refractivity contribution is 9.09. The van der Waals surface area contributed by atoms with Crippen LogP contribution in [0.4, 0.5) is 0 Å². The van der Waals surface area contributed by atoms with Crippen molar-refractivity contribution in [1.29, 1.82) is 0 Å². The molecule has 0 amide bonds. The van der Waals surface area contributed by atoms with Gasteiger partial charge in [-0.2, -0.15) is 0 Å². The minimum Gasteiger partial charge on any atom is -0.299 e. The first-order valence-electron chi connectivity index (χ1n) is 7.20. The lowest BCUT2D eigenvalue weighted by atomic mass is 10.0. The molecule has 20 heavy (non-hydrogen) atoms. The van der Waals surface area contributed by atoms with E-state index in [1.165, 1.54) is 11.1 Å². The Morgan fingerprint density at radius 3 is 2.10 bits per heavy atom. The van der Waals surface area contributed by atoms with Crippen LogP contribution in [0.1, 0.15) is 24.0 Å². The number of hydrogen-bond donors (Lipinski definition) is 0. The van der Waals surface area contributed by atoms with Crippen LogP contribution in [0.2, 0.25) is 0 Å². The molecule has 2 heteroatoms. The van der Waals surface area contributed by atoms with Crippen LogP contribution in [0.15, 0.2) is 60.7 Å². The van der Waals surface area contributed by atoms with E-state index in [9.17, 15) is 0 Å². The molecule has 0 radical (unpaired) electrons. The van der Waals surface area contributed by atoms with Gasteiger partial charge in [-0.3, -0.25) is 4.90 Å². The molecule has 0 aliphatic carbocycles. The minimum atomic E-state index is 0.542. The monoisotopic (exact) mass is 331 g/mol. The first-order valence-corrected chi connectivity index (χ1v) is 8.32. The number of alkyl halides is 1. The summed E-state index contributed by atoms with van der Waals surface area (Å²) in [5, 5.41) is 1.00. The van der Waals surface area contributed by atoms with Crippen molar-refractivity contribution in [3.05, 3.63) is 71.8 Å². The topological polar surface area (TPSA) is 3.24 Å². The second-order valence-electron chi connectivity index (χ2n) is 5.08. The Balaban J connectivity index is 2.01. The summed E-state index contributed by atoms with van der Waals surface area (Å²) in [6.07, 6.45) is 0. The van der Waals surface area contributed by atoms with Crippen LogP contribution in [-0.4, -0.2) is 23.3 Å². The van der Waals surface area contributed by atoms with Gasteiger partial charge in [0.15, 0.2) is 0 Å². The Morgan fingerprint density at radius 2 is 1.55 bits per heavy atom. The standard InChI is InChI=1S/C18H22BrN/c1-2-20(14-16-9-5-3-6-10-16)15-18(13-19)17-11-7-4-8-12-17/h3-12,18H,2,13-15H2,1H3. The molecule has 0 saturated heterocycles. The summed E-state index contributed by atoms with van der Waals surface area (Å²) >= 11 is 3.67. The molecule has 0 N–H and O–H groups in total. The maximum absolute atomic E-state index is 3.67. The van der Waals surface area contributed by atoms with Gasteiger partial charge >= 0.3 is 0 Å². The molecule has 0 aliphatic rings. The van der Waals surface area contributed by atoms with Crippen molar-refractivity contribution in [1.82, 2.24) is 4.90 Å². The van der Waals surface area contributed by atoms with E-state index in [-0.39, 0.29) is 0 Å². The van der Waals surface area contributed by atoms with Crippen molar-refractivity contribution in [2.45, 2.75) is 19.4 Å². The first-order chi connectivity index (χ1) is 9.83. The lowest BCUT2D eigenvalue weighted by molar-refractivity contribution is 0.267. The molecular formula is C18H22BrN. The highest BCUT2D eigenvalue weighted by Gasteiger charge is 2.14. The van der Waals surface area contributed by atoms with Crippen LogP contribution in [0, 0.1) is 0 Å². The van der Waals surface area contributed by atoms with Crippen LogP contribution in [0.3, 0.4) is 0 Å². The lowest BCUT2D eigenvalue weighted by Crippen LogP contribution is -2.28. The predicted octanol–water partition coefficient (Wildman–Crippen LogP) is 4.69. The number of nitrogens with zero attached hydrogens (tertiary/aromatic N) is 1. The molecule has 106 valence electrons. The summed E-state index contributed by atoms with van der Waals surface area (Å²) in [5.41, 5.74) is 2.80. The Labute approximate surface area is 130 Å². The molecule has 0 spiro atoms. The lowest BCUT2D eigenvalue weighted by Gasteiger charge is -2.26. The fourth-order valence-corrected chi connectivity index (χ4v) is 3.01. The van der Waals surface area contributed by atoms with Crippen molar-refractivity contribution < 1.29 is 0 Å². The Kier molecular flexibility index (Phi) is 6.28. The van der Waals surface area contributed by atoms with Gasteiger partial charge in [0.1, 0.15) is 0 Å². The van der Waals surface area contributed by atoms with Gasteiger partial charge in [-0.05, 0) is 17.7 Å². The third kappa shape index (κ3) is 4.46. The average Bonchev–Trinajstić information content (AvgIpc) is 2.53. The van der Waals surface area contributed by atoms with E-state index < -0.39 is 0 Å². The van der Waals surface area contributed by atoms with E-state index in [1.807, 2.05) is 0 Å². The maximum atomic E-state index is 3.67. The van der Waals surface area contributed by atoms with E-state index in [0.717, 1.165) is 25.0 Å². The Morgan fingerprint density at radius 1 is 0.950 bits per heavy atom.